The third-order valence-corrected chi connectivity index (χ3v) is 32.2. The van der Waals surface area contributed by atoms with E-state index < -0.39 is 36.2 Å². The average molecular weight is 2080 g/mol. The first-order valence-electron chi connectivity index (χ1n) is 51.8. The molecule has 8 saturated carbocycles. The van der Waals surface area contributed by atoms with Crippen molar-refractivity contribution < 1.29 is 94.2 Å². The molecule has 8 fully saturated rings. The fourth-order valence-electron chi connectivity index (χ4n) is 23.5. The Morgan fingerprint density at radius 1 is 0.318 bits per heavy atom. The van der Waals surface area contributed by atoms with Crippen LogP contribution in [0.4, 0.5) is 22.0 Å². The predicted molar refractivity (Wildman–Crippen MR) is 554 cm³/mol. The van der Waals surface area contributed by atoms with Crippen LogP contribution in [0.25, 0.3) is 0 Å². The van der Waals surface area contributed by atoms with E-state index in [1.165, 1.54) is 63.6 Å². The van der Waals surface area contributed by atoms with Gasteiger partial charge in [0.05, 0.1) is 54.4 Å². The lowest BCUT2D eigenvalue weighted by Crippen LogP contribution is -2.40. The number of allylic oxidation sites excluding steroid dienone is 7. The summed E-state index contributed by atoms with van der Waals surface area (Å²) in [6.45, 7) is 34.0. The number of halogens is 6. The molecular formula is C120H127BrF5N7O15. The molecule has 0 aromatic heterocycles. The van der Waals surface area contributed by atoms with Gasteiger partial charge in [-0.05, 0) is 278 Å². The number of nitrogens with zero attached hydrogens (tertiary/aromatic N) is 7. The lowest BCUT2D eigenvalue weighted by atomic mass is 10.00. The Balaban J connectivity index is 0.000000123. The van der Waals surface area contributed by atoms with Crippen molar-refractivity contribution >= 4 is 97.8 Å². The van der Waals surface area contributed by atoms with Gasteiger partial charge in [0.1, 0.15) is 5.75 Å². The van der Waals surface area contributed by atoms with E-state index in [-0.39, 0.29) is 155 Å². The number of aromatic hydroxyl groups is 1. The number of hydrogen-bond donors (Lipinski definition) is 1. The van der Waals surface area contributed by atoms with Gasteiger partial charge in [0.2, 0.25) is 0 Å². The van der Waals surface area contributed by atoms with E-state index in [9.17, 15) is 94.2 Å². The molecule has 0 unspecified atom stereocenters. The van der Waals surface area contributed by atoms with Crippen molar-refractivity contribution in [2.45, 2.75) is 320 Å². The number of carbonyl (C=O) groups is 14. The molecule has 1 N–H and O–H groups in total. The molecule has 7 amide bonds. The molecule has 28 heteroatoms. The van der Waals surface area contributed by atoms with Crippen molar-refractivity contribution in [1.29, 1.82) is 0 Å². The van der Waals surface area contributed by atoms with Gasteiger partial charge in [0.25, 0.3) is 47.8 Å². The Hall–Kier alpha value is -13.4. The fraction of sp³-hybridized carbons (Fsp3) is 0.417. The summed E-state index contributed by atoms with van der Waals surface area (Å²) in [5, 5.41) is 9.85. The smallest absolute Gasteiger partial charge is 0.416 e. The second-order valence-corrected chi connectivity index (χ2v) is 42.6. The second-order valence-electron chi connectivity index (χ2n) is 41.8. The maximum atomic E-state index is 13.1. The number of rotatable bonds is 10. The lowest BCUT2D eigenvalue weighted by Gasteiger charge is -2.25. The monoisotopic (exact) mass is 2080 g/mol. The highest BCUT2D eigenvalue weighted by atomic mass is 79.9. The Kier molecular flexibility index (Phi) is 33.5. The molecule has 7 aliphatic heterocycles. The van der Waals surface area contributed by atoms with Crippen molar-refractivity contribution in [2.24, 2.45) is 0 Å². The summed E-state index contributed by atoms with van der Waals surface area (Å²) in [5.41, 5.74) is 18.7. The van der Waals surface area contributed by atoms with Crippen LogP contribution in [0.1, 0.15) is 351 Å². The van der Waals surface area contributed by atoms with E-state index in [4.69, 9.17) is 0 Å². The summed E-state index contributed by atoms with van der Waals surface area (Å²) in [6, 6.07) is 33.7. The number of phenols is 1. The largest absolute Gasteiger partial charge is 0.508 e. The molecule has 0 saturated heterocycles. The average Bonchev–Trinajstić information content (AvgIpc) is 1.61. The molecule has 22 nitrogen and oxygen atoms in total. The van der Waals surface area contributed by atoms with Crippen molar-refractivity contribution in [3.05, 3.63) is 323 Å². The zero-order valence-electron chi connectivity index (χ0n) is 84.2. The SMILES string of the molecule is C=C1CCC[C@H](N2Cc3c(Br)cccc3C2=O)C(=O)C1.C=C1CCC[C@H](N2Cc3c(C)cccc3C2=O)C(=O)C1.C=C1CCC[C@H](N2Cc3c(CC)cccc3C2=O)C(=O)C1.C=C1CCC[C@H](N2Cc3c(O)cccc3C2=O)C(=O)C1.C=C1CCC[C@H](N2Cc3c(cccc3C(F)(F)F)C2=O)C(=O)C1.C=C1CCC[C@H](N2Cc3c(cccc3C(F)F)C2=O)C(=O)C1.C=C1CCC[C@H](N2Cc3c(cccc3C3CC3)C2=O)C(=O)C1. The van der Waals surface area contributed by atoms with Crippen LogP contribution in [0, 0.1) is 6.92 Å². The minimum Gasteiger partial charge on any atom is -0.508 e. The van der Waals surface area contributed by atoms with Crippen LogP contribution in [0.15, 0.2) is 217 Å². The number of hydrogen-bond acceptors (Lipinski definition) is 15. The van der Waals surface area contributed by atoms with Gasteiger partial charge in [0.15, 0.2) is 40.5 Å². The van der Waals surface area contributed by atoms with Crippen LogP contribution in [-0.2, 0) is 92.0 Å². The van der Waals surface area contributed by atoms with Gasteiger partial charge in [-0.1, -0.05) is 175 Å². The number of fused-ring (bicyclic) bond motifs is 7. The van der Waals surface area contributed by atoms with Gasteiger partial charge in [-0.15, -0.1) is 0 Å². The zero-order valence-corrected chi connectivity index (χ0v) is 85.8. The van der Waals surface area contributed by atoms with Crippen LogP contribution in [0.2, 0.25) is 0 Å². The van der Waals surface area contributed by atoms with Crippen LogP contribution in [0.3, 0.4) is 0 Å². The van der Waals surface area contributed by atoms with Gasteiger partial charge < -0.3 is 39.4 Å². The van der Waals surface area contributed by atoms with E-state index in [2.05, 4.69) is 81.0 Å². The molecule has 148 heavy (non-hydrogen) atoms. The number of carbonyl (C=O) groups excluding carboxylic acids is 14. The number of phenolic OH excluding ortho intramolecular Hbond substituents is 1. The normalized spacial score (nSPS) is 23.0. The highest BCUT2D eigenvalue weighted by molar-refractivity contribution is 9.10. The van der Waals surface area contributed by atoms with Crippen LogP contribution in [0.5, 0.6) is 5.75 Å². The van der Waals surface area contributed by atoms with Gasteiger partial charge in [0, 0.05) is 139 Å². The molecular weight excluding hydrogens is 1950 g/mol. The van der Waals surface area contributed by atoms with Crippen molar-refractivity contribution in [3.8, 4) is 5.75 Å². The summed E-state index contributed by atoms with van der Waals surface area (Å²) in [7, 11) is 0. The molecule has 0 bridgehead atoms. The van der Waals surface area contributed by atoms with Crippen molar-refractivity contribution in [1.82, 2.24) is 34.3 Å². The highest BCUT2D eigenvalue weighted by Gasteiger charge is 2.48. The number of alkyl halides is 5. The first-order valence-corrected chi connectivity index (χ1v) is 52.6. The molecule has 0 radical (unpaired) electrons. The molecule has 8 aliphatic carbocycles. The standard InChI is InChI=1S/C19H21NO2.C18H21NO2.C17H16F3NO2.C17H17F2NO2.C17H19NO2.C16H16BrNO2.C16H17NO3/c1-12-4-2-7-17(18(21)10-12)20-11-16-14(13-8-9-13)5-3-6-15(16)19(20)22;1-3-13-7-5-8-14-15(13)11-19(18(14)21)16-9-4-6-12(2)10-17(16)20;1-10-4-2-7-14(15(22)8-10)21-9-12-11(16(21)23)5-3-6-13(12)17(18,19)20;1-10-4-2-7-14(15(21)8-10)20-9-13-11(16(18)19)5-3-6-12(13)17(20)22;1-11-5-3-8-15(16(19)9-11)18-10-14-12(2)6-4-7-13(14)17(18)20;1-10-4-2-7-14(15(19)8-10)18-9-12-11(16(18)20)5-3-6-13(12)17;1-10-4-2-6-13(15(19)8-10)17-9-12-11(16(17)20)5-3-7-14(12)18/h3,5-6,13,17H,1-2,4,7-11H2;5,7-8,16H,2-4,6,9-11H2,1H3;3,5-6,14H,1-2,4,7-9H2;3,5-6,14,16H,1-2,4,7-9H2;4,6-7,15H,1,3,5,8-10H2,2H3;3,5-6,14H,1-2,4,7-9H2;3,5,7,13,18H,1-2,4,6,8-9H2/t17-;16-;2*14-;15-;14-;13-/m0000000/s1. The quantitative estimate of drug-likeness (QED) is 0.0757. The molecule has 7 heterocycles. The molecule has 7 aromatic rings. The Bertz CT molecular complexity index is 6300. The maximum absolute atomic E-state index is 13.1. The van der Waals surface area contributed by atoms with Crippen molar-refractivity contribution in [3.63, 3.8) is 0 Å². The van der Waals surface area contributed by atoms with Gasteiger partial charge in [-0.25, -0.2) is 8.78 Å². The summed E-state index contributed by atoms with van der Waals surface area (Å²) in [6.07, 6.45) is 15.6. The third-order valence-electron chi connectivity index (χ3n) is 31.5. The Labute approximate surface area is 868 Å². The Morgan fingerprint density at radius 3 is 0.919 bits per heavy atom. The van der Waals surface area contributed by atoms with Gasteiger partial charge in [-0.2, -0.15) is 13.2 Å². The summed E-state index contributed by atoms with van der Waals surface area (Å²) < 4.78 is 66.5. The summed E-state index contributed by atoms with van der Waals surface area (Å²) in [4.78, 5) is 186. The minimum atomic E-state index is -4.51. The molecule has 7 atom stereocenters. The van der Waals surface area contributed by atoms with E-state index in [0.717, 1.165) is 203 Å². The molecule has 7 aromatic carbocycles. The van der Waals surface area contributed by atoms with Crippen molar-refractivity contribution in [2.75, 3.05) is 0 Å². The number of benzene rings is 7. The van der Waals surface area contributed by atoms with Crippen LogP contribution < -0.4 is 0 Å². The van der Waals surface area contributed by atoms with E-state index >= 15 is 0 Å². The number of ketones is 7. The molecule has 15 aliphatic rings. The topological polar surface area (TPSA) is 282 Å². The maximum Gasteiger partial charge on any atom is 0.416 e. The Morgan fingerprint density at radius 2 is 0.581 bits per heavy atom. The second kappa shape index (κ2) is 46.2. The number of Topliss-reactive ketones (excluding diaryl/α,β-unsaturated/α-hetero) is 7. The first-order chi connectivity index (χ1) is 70.8. The van der Waals surface area contributed by atoms with E-state index in [0.29, 0.717) is 125 Å². The van der Waals surface area contributed by atoms with Crippen LogP contribution in [-0.4, -0.2) is 164 Å². The summed E-state index contributed by atoms with van der Waals surface area (Å²) >= 11 is 3.49. The predicted octanol–water partition coefficient (Wildman–Crippen LogP) is 23.1. The number of aryl methyl sites for hydroxylation is 2. The van der Waals surface area contributed by atoms with Gasteiger partial charge >= 0.3 is 6.18 Å². The van der Waals surface area contributed by atoms with E-state index in [1.807, 2.05) is 72.5 Å². The zero-order chi connectivity index (χ0) is 106. The first kappa shape index (κ1) is 107. The lowest BCUT2D eigenvalue weighted by molar-refractivity contribution is -0.138. The molecule has 0 spiro atoms. The number of amides is 7. The molecule has 774 valence electrons. The van der Waals surface area contributed by atoms with Gasteiger partial charge in [-0.3, -0.25) is 67.1 Å². The summed E-state index contributed by atoms with van der Waals surface area (Å²) in [5.74, 6) is 0.330. The van der Waals surface area contributed by atoms with E-state index in [1.54, 1.807) is 43.9 Å². The minimum absolute atomic E-state index is 0.00885. The third kappa shape index (κ3) is 23.4. The highest BCUT2D eigenvalue weighted by Crippen LogP contribution is 2.47. The molecule has 22 rings (SSSR count). The fourth-order valence-corrected chi connectivity index (χ4v) is 23.9. The van der Waals surface area contributed by atoms with Crippen LogP contribution >= 0.6 is 15.9 Å².